The van der Waals surface area contributed by atoms with Crippen LogP contribution < -0.4 is 0 Å². The van der Waals surface area contributed by atoms with Gasteiger partial charge in [-0.05, 0) is 61.1 Å². The molecule has 1 aliphatic heterocycles. The minimum Gasteiger partial charge on any atom is -0.292 e. The first-order valence-corrected chi connectivity index (χ1v) is 12.6. The van der Waals surface area contributed by atoms with Crippen LogP contribution in [0.25, 0.3) is 0 Å². The number of amides is 3. The summed E-state index contributed by atoms with van der Waals surface area (Å²) >= 11 is 12.0. The molecule has 2 aromatic rings. The van der Waals surface area contributed by atoms with Gasteiger partial charge in [0.1, 0.15) is 6.04 Å². The number of carbonyl (C=O) groups is 4. The zero-order valence-corrected chi connectivity index (χ0v) is 20.8. The highest BCUT2D eigenvalue weighted by Crippen LogP contribution is 2.53. The van der Waals surface area contributed by atoms with Crippen LogP contribution in [0.4, 0.5) is 5.69 Å². The molecule has 5 rings (SSSR count). The van der Waals surface area contributed by atoms with E-state index in [-0.39, 0.29) is 41.0 Å². The highest BCUT2D eigenvalue weighted by Gasteiger charge is 2.62. The van der Waals surface area contributed by atoms with E-state index in [4.69, 9.17) is 23.2 Å². The molecule has 0 unspecified atom stereocenters. The molecule has 2 fully saturated rings. The molecule has 1 saturated carbocycles. The standard InChI is InChI=1S/C26H21Cl2N3O6/c27-12-11-20(23(32)14-3-7-18(28)8-4-14)29(24(33)15-5-9-19(10-6-15)31(36)37)30-25(34)21-16-1-2-17(13-16)22(21)26(30)35/h1-10,16-17,20-22H,11-13H2/t16-,17-,20-,21+,22+/m0/s1. The maximum Gasteiger partial charge on any atom is 0.273 e. The average Bonchev–Trinajstić information content (AvgIpc) is 3.58. The summed E-state index contributed by atoms with van der Waals surface area (Å²) in [5.41, 5.74) is -0.0296. The molecule has 11 heteroatoms. The first kappa shape index (κ1) is 25.1. The van der Waals surface area contributed by atoms with Crippen molar-refractivity contribution in [3.05, 3.63) is 86.9 Å². The summed E-state index contributed by atoms with van der Waals surface area (Å²) in [6.45, 7) is 0. The van der Waals surface area contributed by atoms with Gasteiger partial charge in [-0.25, -0.2) is 5.01 Å². The fraction of sp³-hybridized carbons (Fsp3) is 0.308. The van der Waals surface area contributed by atoms with Crippen LogP contribution in [-0.4, -0.2) is 50.4 Å². The third-order valence-corrected chi connectivity index (χ3v) is 7.78. The van der Waals surface area contributed by atoms with Crippen LogP contribution in [0.2, 0.25) is 5.02 Å². The minimum absolute atomic E-state index is 0.0205. The van der Waals surface area contributed by atoms with Gasteiger partial charge in [0, 0.05) is 34.2 Å². The van der Waals surface area contributed by atoms with E-state index in [1.807, 2.05) is 12.2 Å². The number of alkyl halides is 1. The van der Waals surface area contributed by atoms with Crippen LogP contribution >= 0.6 is 23.2 Å². The second-order valence-corrected chi connectivity index (χ2v) is 10.1. The molecule has 3 aliphatic rings. The van der Waals surface area contributed by atoms with Crippen LogP contribution in [0.15, 0.2) is 60.7 Å². The van der Waals surface area contributed by atoms with Crippen LogP contribution in [0.1, 0.15) is 33.6 Å². The van der Waals surface area contributed by atoms with Gasteiger partial charge in [-0.2, -0.15) is 5.01 Å². The maximum absolute atomic E-state index is 13.9. The van der Waals surface area contributed by atoms with Crippen LogP contribution in [0, 0.1) is 33.8 Å². The Hall–Kier alpha value is -3.56. The number of benzene rings is 2. The molecule has 190 valence electrons. The summed E-state index contributed by atoms with van der Waals surface area (Å²) in [7, 11) is 0. The molecule has 1 saturated heterocycles. The number of hydrazine groups is 1. The lowest BCUT2D eigenvalue weighted by Gasteiger charge is -2.36. The summed E-state index contributed by atoms with van der Waals surface area (Å²) < 4.78 is 0. The number of non-ortho nitro benzene ring substituents is 1. The van der Waals surface area contributed by atoms with Gasteiger partial charge in [0.05, 0.1) is 16.8 Å². The number of halogens is 2. The highest BCUT2D eigenvalue weighted by molar-refractivity contribution is 6.30. The number of hydrogen-bond acceptors (Lipinski definition) is 6. The van der Waals surface area contributed by atoms with Gasteiger partial charge in [-0.3, -0.25) is 29.3 Å². The Kier molecular flexibility index (Phi) is 6.59. The lowest BCUT2D eigenvalue weighted by atomic mass is 9.85. The van der Waals surface area contributed by atoms with Gasteiger partial charge in [0.2, 0.25) is 0 Å². The fourth-order valence-corrected chi connectivity index (χ4v) is 5.94. The number of Topliss-reactive ketones (excluding diaryl/α,β-unsaturated/α-hetero) is 1. The molecule has 3 amide bonds. The monoisotopic (exact) mass is 541 g/mol. The van der Waals surface area contributed by atoms with Crippen molar-refractivity contribution in [2.24, 2.45) is 23.7 Å². The zero-order valence-electron chi connectivity index (χ0n) is 19.3. The van der Waals surface area contributed by atoms with E-state index in [2.05, 4.69) is 0 Å². The Balaban J connectivity index is 1.58. The summed E-state index contributed by atoms with van der Waals surface area (Å²) in [5, 5.41) is 13.2. The number of hydrogen-bond donors (Lipinski definition) is 0. The summed E-state index contributed by atoms with van der Waals surface area (Å²) in [6, 6.07) is 9.51. The predicted molar refractivity (Wildman–Crippen MR) is 134 cm³/mol. The van der Waals surface area contributed by atoms with Crippen molar-refractivity contribution in [2.75, 3.05) is 5.88 Å². The molecular weight excluding hydrogens is 521 g/mol. The van der Waals surface area contributed by atoms with Crippen LogP contribution in [0.3, 0.4) is 0 Å². The Morgan fingerprint density at radius 3 is 2.03 bits per heavy atom. The van der Waals surface area contributed by atoms with Gasteiger partial charge in [-0.1, -0.05) is 23.8 Å². The average molecular weight is 542 g/mol. The molecule has 0 aromatic heterocycles. The summed E-state index contributed by atoms with van der Waals surface area (Å²) in [5.74, 6) is -3.85. The minimum atomic E-state index is -1.28. The molecule has 5 atom stereocenters. The molecule has 1 heterocycles. The SMILES string of the molecule is O=C(c1ccc(Cl)cc1)[C@H](CCCl)N(C(=O)c1ccc([N+](=O)[O-])cc1)N1C(=O)[C@H]2[C@H](C1=O)[C@H]1C=C[C@H]2C1. The Labute approximate surface area is 221 Å². The van der Waals surface area contributed by atoms with Crippen molar-refractivity contribution in [1.82, 2.24) is 10.0 Å². The van der Waals surface area contributed by atoms with Gasteiger partial charge in [-0.15, -0.1) is 11.6 Å². The predicted octanol–water partition coefficient (Wildman–Crippen LogP) is 4.29. The second-order valence-electron chi connectivity index (χ2n) is 9.31. The Morgan fingerprint density at radius 1 is 0.973 bits per heavy atom. The quantitative estimate of drug-likeness (QED) is 0.123. The number of imide groups is 1. The number of nitrogens with zero attached hydrogens (tertiary/aromatic N) is 3. The van der Waals surface area contributed by atoms with E-state index in [1.165, 1.54) is 36.4 Å². The van der Waals surface area contributed by atoms with E-state index in [0.717, 1.165) is 22.2 Å². The molecule has 9 nitrogen and oxygen atoms in total. The number of ketones is 1. The first-order chi connectivity index (χ1) is 17.7. The molecule has 0 N–H and O–H groups in total. The Morgan fingerprint density at radius 2 is 1.51 bits per heavy atom. The molecule has 2 aliphatic carbocycles. The number of allylic oxidation sites excluding steroid dienone is 2. The molecule has 2 aromatic carbocycles. The number of carbonyl (C=O) groups excluding carboxylic acids is 4. The first-order valence-electron chi connectivity index (χ1n) is 11.7. The van der Waals surface area contributed by atoms with Crippen molar-refractivity contribution in [3.8, 4) is 0 Å². The maximum atomic E-state index is 13.9. The lowest BCUT2D eigenvalue weighted by molar-refractivity contribution is -0.384. The van der Waals surface area contributed by atoms with E-state index in [9.17, 15) is 29.3 Å². The van der Waals surface area contributed by atoms with Gasteiger partial charge >= 0.3 is 0 Å². The zero-order chi connectivity index (χ0) is 26.4. The number of rotatable bonds is 8. The molecular formula is C26H21Cl2N3O6. The van der Waals surface area contributed by atoms with E-state index < -0.39 is 46.3 Å². The number of nitro benzene ring substituents is 1. The number of nitro groups is 1. The lowest BCUT2D eigenvalue weighted by Crippen LogP contribution is -2.58. The van der Waals surface area contributed by atoms with Crippen LogP contribution in [-0.2, 0) is 9.59 Å². The van der Waals surface area contributed by atoms with Crippen molar-refractivity contribution < 1.29 is 24.1 Å². The summed E-state index contributed by atoms with van der Waals surface area (Å²) in [4.78, 5) is 65.3. The normalized spacial score (nSPS) is 24.3. The smallest absolute Gasteiger partial charge is 0.273 e. The van der Waals surface area contributed by atoms with Crippen molar-refractivity contribution in [3.63, 3.8) is 0 Å². The molecule has 2 bridgehead atoms. The van der Waals surface area contributed by atoms with Crippen molar-refractivity contribution in [2.45, 2.75) is 18.9 Å². The molecule has 37 heavy (non-hydrogen) atoms. The third-order valence-electron chi connectivity index (χ3n) is 7.30. The third kappa shape index (κ3) is 4.22. The highest BCUT2D eigenvalue weighted by atomic mass is 35.5. The van der Waals surface area contributed by atoms with E-state index in [1.54, 1.807) is 0 Å². The van der Waals surface area contributed by atoms with Gasteiger partial charge in [0.15, 0.2) is 5.78 Å². The van der Waals surface area contributed by atoms with E-state index in [0.29, 0.717) is 11.4 Å². The number of fused-ring (bicyclic) bond motifs is 5. The van der Waals surface area contributed by atoms with Crippen molar-refractivity contribution in [1.29, 1.82) is 0 Å². The molecule has 0 radical (unpaired) electrons. The van der Waals surface area contributed by atoms with Crippen LogP contribution in [0.5, 0.6) is 0 Å². The Bertz CT molecular complexity index is 1300. The van der Waals surface area contributed by atoms with Gasteiger partial charge in [0.25, 0.3) is 23.4 Å². The summed E-state index contributed by atoms with van der Waals surface area (Å²) in [6.07, 6.45) is 4.52. The second kappa shape index (κ2) is 9.72. The topological polar surface area (TPSA) is 118 Å². The fourth-order valence-electron chi connectivity index (χ4n) is 5.60. The van der Waals surface area contributed by atoms with Crippen molar-refractivity contribution >= 4 is 52.4 Å². The largest absolute Gasteiger partial charge is 0.292 e. The van der Waals surface area contributed by atoms with E-state index >= 15 is 0 Å². The molecule has 0 spiro atoms. The van der Waals surface area contributed by atoms with Gasteiger partial charge < -0.3 is 0 Å².